The van der Waals surface area contributed by atoms with E-state index in [9.17, 15) is 4.79 Å². The number of aryl methyl sites for hydroxylation is 1. The Morgan fingerprint density at radius 2 is 2.25 bits per heavy atom. The van der Waals surface area contributed by atoms with E-state index in [1.165, 1.54) is 0 Å². The van der Waals surface area contributed by atoms with Crippen molar-refractivity contribution < 1.29 is 4.79 Å². The number of nitrogens with one attached hydrogen (secondary N) is 2. The molecule has 0 saturated heterocycles. The molecule has 0 radical (unpaired) electrons. The van der Waals surface area contributed by atoms with Crippen molar-refractivity contribution in [3.05, 3.63) is 11.9 Å². The molecule has 0 fully saturated rings. The molecule has 1 aromatic rings. The van der Waals surface area contributed by atoms with Crippen LogP contribution in [0.2, 0.25) is 0 Å². The maximum Gasteiger partial charge on any atom is 0.228 e. The zero-order valence-corrected chi connectivity index (χ0v) is 10.9. The first-order valence-corrected chi connectivity index (χ1v) is 5.00. The van der Waals surface area contributed by atoms with Crippen LogP contribution in [0.4, 0.5) is 5.69 Å². The average molecular weight is 247 g/mol. The van der Waals surface area contributed by atoms with Crippen LogP contribution in [0, 0.1) is 12.8 Å². The summed E-state index contributed by atoms with van der Waals surface area (Å²) in [5, 5.41) is 9.89. The molecule has 0 aliphatic carbocycles. The highest BCUT2D eigenvalue weighted by molar-refractivity contribution is 5.92. The number of nitrogens with zero attached hydrogens (tertiary/aromatic N) is 2. The highest BCUT2D eigenvalue weighted by atomic mass is 35.5. The Balaban J connectivity index is 0.00000225. The fraction of sp³-hybridized carbons (Fsp3) is 0.600. The zero-order chi connectivity index (χ0) is 11.4. The molecule has 0 aliphatic heterocycles. The average Bonchev–Trinajstić information content (AvgIpc) is 2.50. The minimum Gasteiger partial charge on any atom is -0.323 e. The molecule has 1 rings (SSSR count). The Bertz CT molecular complexity index is 351. The number of aromatic nitrogens is 2. The number of anilines is 1. The van der Waals surface area contributed by atoms with Crippen LogP contribution in [0.15, 0.2) is 6.20 Å². The maximum absolute atomic E-state index is 11.7. The summed E-state index contributed by atoms with van der Waals surface area (Å²) in [6.07, 6.45) is 1.67. The lowest BCUT2D eigenvalue weighted by Gasteiger charge is -2.10. The van der Waals surface area contributed by atoms with Gasteiger partial charge in [0.25, 0.3) is 0 Å². The molecule has 1 aromatic heterocycles. The SMILES string of the molecule is CNCC(C)C(=O)Nc1cnn(C)c1C.Cl. The lowest BCUT2D eigenvalue weighted by atomic mass is 10.1. The van der Waals surface area contributed by atoms with Crippen LogP contribution in [-0.4, -0.2) is 29.3 Å². The molecule has 16 heavy (non-hydrogen) atoms. The number of halogens is 1. The number of rotatable bonds is 4. The van der Waals surface area contributed by atoms with Crippen molar-refractivity contribution in [3.8, 4) is 0 Å². The monoisotopic (exact) mass is 246 g/mol. The summed E-state index contributed by atoms with van der Waals surface area (Å²) < 4.78 is 1.73. The van der Waals surface area contributed by atoms with Gasteiger partial charge in [-0.3, -0.25) is 9.48 Å². The molecule has 0 saturated carbocycles. The second kappa shape index (κ2) is 6.50. The maximum atomic E-state index is 11.7. The lowest BCUT2D eigenvalue weighted by Crippen LogP contribution is -2.28. The molecule has 1 heterocycles. The molecule has 1 unspecified atom stereocenters. The third kappa shape index (κ3) is 3.50. The molecular formula is C10H19ClN4O. The molecule has 0 bridgehead atoms. The van der Waals surface area contributed by atoms with Crippen molar-refractivity contribution >= 4 is 24.0 Å². The molecule has 1 amide bonds. The third-order valence-electron chi connectivity index (χ3n) is 2.45. The Kier molecular flexibility index (Phi) is 6.06. The van der Waals surface area contributed by atoms with E-state index in [1.54, 1.807) is 10.9 Å². The zero-order valence-electron chi connectivity index (χ0n) is 10.1. The summed E-state index contributed by atoms with van der Waals surface area (Å²) in [6.45, 7) is 4.48. The molecule has 6 heteroatoms. The minimum atomic E-state index is -0.0467. The van der Waals surface area contributed by atoms with Crippen LogP contribution in [0.1, 0.15) is 12.6 Å². The van der Waals surface area contributed by atoms with Gasteiger partial charge in [-0.15, -0.1) is 12.4 Å². The van der Waals surface area contributed by atoms with Gasteiger partial charge >= 0.3 is 0 Å². The summed E-state index contributed by atoms with van der Waals surface area (Å²) in [7, 11) is 3.68. The van der Waals surface area contributed by atoms with Gasteiger partial charge in [-0.05, 0) is 14.0 Å². The van der Waals surface area contributed by atoms with Crippen molar-refractivity contribution in [1.82, 2.24) is 15.1 Å². The molecule has 5 nitrogen and oxygen atoms in total. The van der Waals surface area contributed by atoms with E-state index >= 15 is 0 Å². The number of hydrogen-bond donors (Lipinski definition) is 2. The Labute approximate surface area is 102 Å². The van der Waals surface area contributed by atoms with E-state index in [0.29, 0.717) is 6.54 Å². The number of amides is 1. The van der Waals surface area contributed by atoms with Gasteiger partial charge in [-0.2, -0.15) is 5.10 Å². The van der Waals surface area contributed by atoms with Gasteiger partial charge in [0.05, 0.1) is 17.6 Å². The van der Waals surface area contributed by atoms with Crippen LogP contribution >= 0.6 is 12.4 Å². The number of carbonyl (C=O) groups is 1. The van der Waals surface area contributed by atoms with Gasteiger partial charge in [0.15, 0.2) is 0 Å². The second-order valence-electron chi connectivity index (χ2n) is 3.72. The van der Waals surface area contributed by atoms with Crippen molar-refractivity contribution in [2.75, 3.05) is 18.9 Å². The van der Waals surface area contributed by atoms with E-state index in [-0.39, 0.29) is 24.2 Å². The highest BCUT2D eigenvalue weighted by Gasteiger charge is 2.14. The quantitative estimate of drug-likeness (QED) is 0.832. The predicted molar refractivity (Wildman–Crippen MR) is 66.9 cm³/mol. The lowest BCUT2D eigenvalue weighted by molar-refractivity contribution is -0.119. The van der Waals surface area contributed by atoms with Gasteiger partial charge in [0, 0.05) is 19.5 Å². The smallest absolute Gasteiger partial charge is 0.228 e. The van der Waals surface area contributed by atoms with E-state index in [1.807, 2.05) is 27.9 Å². The molecular weight excluding hydrogens is 228 g/mol. The normalized spacial score (nSPS) is 11.8. The van der Waals surface area contributed by atoms with Crippen molar-refractivity contribution in [3.63, 3.8) is 0 Å². The Morgan fingerprint density at radius 3 is 2.69 bits per heavy atom. The van der Waals surface area contributed by atoms with Crippen LogP contribution < -0.4 is 10.6 Å². The number of carbonyl (C=O) groups excluding carboxylic acids is 1. The summed E-state index contributed by atoms with van der Waals surface area (Å²) in [5.41, 5.74) is 1.74. The van der Waals surface area contributed by atoms with Gasteiger partial charge in [-0.25, -0.2) is 0 Å². The van der Waals surface area contributed by atoms with Gasteiger partial charge in [0.2, 0.25) is 5.91 Å². The Hall–Kier alpha value is -1.07. The van der Waals surface area contributed by atoms with Crippen LogP contribution in [0.3, 0.4) is 0 Å². The first kappa shape index (κ1) is 14.9. The summed E-state index contributed by atoms with van der Waals surface area (Å²) in [5.74, 6) is -0.0324. The Morgan fingerprint density at radius 1 is 1.62 bits per heavy atom. The molecule has 0 aliphatic rings. The predicted octanol–water partition coefficient (Wildman–Crippen LogP) is 0.944. The van der Waals surface area contributed by atoms with E-state index in [4.69, 9.17) is 0 Å². The number of hydrogen-bond acceptors (Lipinski definition) is 3. The molecule has 2 N–H and O–H groups in total. The molecule has 0 spiro atoms. The standard InChI is InChI=1S/C10H18N4O.ClH/c1-7(5-11-3)10(15)13-9-6-12-14(4)8(9)2;/h6-7,11H,5H2,1-4H3,(H,13,15);1H. The van der Waals surface area contributed by atoms with Crippen LogP contribution in [0.25, 0.3) is 0 Å². The van der Waals surface area contributed by atoms with Gasteiger partial charge < -0.3 is 10.6 Å². The summed E-state index contributed by atoms with van der Waals surface area (Å²) in [6, 6.07) is 0. The van der Waals surface area contributed by atoms with Crippen molar-refractivity contribution in [1.29, 1.82) is 0 Å². The van der Waals surface area contributed by atoms with Gasteiger partial charge in [0.1, 0.15) is 0 Å². The fourth-order valence-corrected chi connectivity index (χ4v) is 1.28. The summed E-state index contributed by atoms with van der Waals surface area (Å²) >= 11 is 0. The van der Waals surface area contributed by atoms with E-state index in [2.05, 4.69) is 15.7 Å². The van der Waals surface area contributed by atoms with Crippen LogP contribution in [-0.2, 0) is 11.8 Å². The van der Waals surface area contributed by atoms with E-state index < -0.39 is 0 Å². The molecule has 92 valence electrons. The highest BCUT2D eigenvalue weighted by Crippen LogP contribution is 2.13. The van der Waals surface area contributed by atoms with Crippen molar-refractivity contribution in [2.45, 2.75) is 13.8 Å². The van der Waals surface area contributed by atoms with Crippen LogP contribution in [0.5, 0.6) is 0 Å². The van der Waals surface area contributed by atoms with E-state index in [0.717, 1.165) is 11.4 Å². The topological polar surface area (TPSA) is 59.0 Å². The fourth-order valence-electron chi connectivity index (χ4n) is 1.28. The first-order chi connectivity index (χ1) is 7.06. The third-order valence-corrected chi connectivity index (χ3v) is 2.45. The molecule has 1 atom stereocenters. The minimum absolute atomic E-state index is 0. The summed E-state index contributed by atoms with van der Waals surface area (Å²) in [4.78, 5) is 11.7. The largest absolute Gasteiger partial charge is 0.323 e. The van der Waals surface area contributed by atoms with Gasteiger partial charge in [-0.1, -0.05) is 6.92 Å². The van der Waals surface area contributed by atoms with Crippen molar-refractivity contribution in [2.24, 2.45) is 13.0 Å². The molecule has 0 aromatic carbocycles. The first-order valence-electron chi connectivity index (χ1n) is 5.00. The second-order valence-corrected chi connectivity index (χ2v) is 3.72.